The second-order valence-corrected chi connectivity index (χ2v) is 5.28. The van der Waals surface area contributed by atoms with E-state index in [9.17, 15) is 4.79 Å². The van der Waals surface area contributed by atoms with E-state index in [1.807, 2.05) is 12.1 Å². The molecule has 1 fully saturated rings. The SMILES string of the molecule is CCCCOc1ccc(CNCC2CCC(=O)N2)cc1. The topological polar surface area (TPSA) is 50.4 Å². The van der Waals surface area contributed by atoms with Crippen molar-refractivity contribution in [1.82, 2.24) is 10.6 Å². The highest BCUT2D eigenvalue weighted by Gasteiger charge is 2.19. The highest BCUT2D eigenvalue weighted by Crippen LogP contribution is 2.13. The van der Waals surface area contributed by atoms with Crippen LogP contribution in [0.1, 0.15) is 38.2 Å². The van der Waals surface area contributed by atoms with E-state index in [0.29, 0.717) is 12.5 Å². The molecule has 0 aromatic heterocycles. The Kier molecular flexibility index (Phi) is 5.87. The van der Waals surface area contributed by atoms with Crippen molar-refractivity contribution in [2.24, 2.45) is 0 Å². The van der Waals surface area contributed by atoms with E-state index in [-0.39, 0.29) is 5.91 Å². The fraction of sp³-hybridized carbons (Fsp3) is 0.562. The van der Waals surface area contributed by atoms with Gasteiger partial charge in [-0.2, -0.15) is 0 Å². The maximum atomic E-state index is 11.1. The minimum atomic E-state index is 0.172. The average Bonchev–Trinajstić information content (AvgIpc) is 2.87. The lowest BCUT2D eigenvalue weighted by Crippen LogP contribution is -2.35. The number of nitrogens with one attached hydrogen (secondary N) is 2. The molecule has 1 aromatic carbocycles. The Balaban J connectivity index is 1.66. The number of benzene rings is 1. The summed E-state index contributed by atoms with van der Waals surface area (Å²) < 4.78 is 5.63. The first-order valence-electron chi connectivity index (χ1n) is 7.49. The van der Waals surface area contributed by atoms with Crippen LogP contribution in [0, 0.1) is 0 Å². The maximum Gasteiger partial charge on any atom is 0.220 e. The average molecular weight is 276 g/mol. The van der Waals surface area contributed by atoms with Gasteiger partial charge in [-0.05, 0) is 30.5 Å². The summed E-state index contributed by atoms with van der Waals surface area (Å²) in [6.07, 6.45) is 3.85. The van der Waals surface area contributed by atoms with Crippen molar-refractivity contribution in [3.63, 3.8) is 0 Å². The van der Waals surface area contributed by atoms with Gasteiger partial charge >= 0.3 is 0 Å². The molecule has 1 heterocycles. The van der Waals surface area contributed by atoms with Crippen molar-refractivity contribution < 1.29 is 9.53 Å². The van der Waals surface area contributed by atoms with Crippen LogP contribution < -0.4 is 15.4 Å². The predicted molar refractivity (Wildman–Crippen MR) is 79.7 cm³/mol. The molecule has 0 aliphatic carbocycles. The molecular weight excluding hydrogens is 252 g/mol. The van der Waals surface area contributed by atoms with Crippen molar-refractivity contribution >= 4 is 5.91 Å². The standard InChI is InChI=1S/C16H24N2O2/c1-2-3-10-20-15-7-4-13(5-8-15)11-17-12-14-6-9-16(19)18-14/h4-5,7-8,14,17H,2-3,6,9-12H2,1H3,(H,18,19). The summed E-state index contributed by atoms with van der Waals surface area (Å²) in [5.74, 6) is 1.11. The first kappa shape index (κ1) is 14.9. The van der Waals surface area contributed by atoms with Crippen LogP contribution in [0.15, 0.2) is 24.3 Å². The lowest BCUT2D eigenvalue weighted by Gasteiger charge is -2.11. The zero-order chi connectivity index (χ0) is 14.2. The molecule has 0 radical (unpaired) electrons. The lowest BCUT2D eigenvalue weighted by molar-refractivity contribution is -0.119. The van der Waals surface area contributed by atoms with Gasteiger partial charge in [0.1, 0.15) is 5.75 Å². The minimum Gasteiger partial charge on any atom is -0.494 e. The van der Waals surface area contributed by atoms with Crippen molar-refractivity contribution in [2.75, 3.05) is 13.2 Å². The van der Waals surface area contributed by atoms with Crippen molar-refractivity contribution in [2.45, 2.75) is 45.2 Å². The Labute approximate surface area is 120 Å². The summed E-state index contributed by atoms with van der Waals surface area (Å²) in [5.41, 5.74) is 1.23. The third kappa shape index (κ3) is 4.85. The fourth-order valence-corrected chi connectivity index (χ4v) is 2.26. The molecule has 1 aliphatic rings. The van der Waals surface area contributed by atoms with Gasteiger partial charge in [0.2, 0.25) is 5.91 Å². The summed E-state index contributed by atoms with van der Waals surface area (Å²) in [5, 5.41) is 6.34. The molecule has 2 rings (SSSR count). The molecule has 110 valence electrons. The number of hydrogen-bond acceptors (Lipinski definition) is 3. The van der Waals surface area contributed by atoms with Gasteiger partial charge in [0.15, 0.2) is 0 Å². The Hall–Kier alpha value is -1.55. The second kappa shape index (κ2) is 7.90. The Morgan fingerprint density at radius 1 is 1.35 bits per heavy atom. The zero-order valence-corrected chi connectivity index (χ0v) is 12.2. The number of ether oxygens (including phenoxy) is 1. The van der Waals surface area contributed by atoms with Gasteiger partial charge in [0, 0.05) is 25.6 Å². The van der Waals surface area contributed by atoms with Gasteiger partial charge in [0.25, 0.3) is 0 Å². The van der Waals surface area contributed by atoms with E-state index in [4.69, 9.17) is 4.74 Å². The van der Waals surface area contributed by atoms with Gasteiger partial charge in [-0.1, -0.05) is 25.5 Å². The van der Waals surface area contributed by atoms with E-state index in [2.05, 4.69) is 29.7 Å². The van der Waals surface area contributed by atoms with Crippen LogP contribution >= 0.6 is 0 Å². The molecule has 0 spiro atoms. The Morgan fingerprint density at radius 2 is 2.15 bits per heavy atom. The lowest BCUT2D eigenvalue weighted by atomic mass is 10.2. The predicted octanol–water partition coefficient (Wildman–Crippen LogP) is 2.23. The molecule has 1 atom stereocenters. The van der Waals surface area contributed by atoms with E-state index in [1.54, 1.807) is 0 Å². The number of unbranched alkanes of at least 4 members (excludes halogenated alkanes) is 1. The molecule has 4 heteroatoms. The Morgan fingerprint density at radius 3 is 2.80 bits per heavy atom. The van der Waals surface area contributed by atoms with Gasteiger partial charge in [-0.3, -0.25) is 4.79 Å². The number of rotatable bonds is 8. The van der Waals surface area contributed by atoms with Crippen molar-refractivity contribution in [1.29, 1.82) is 0 Å². The van der Waals surface area contributed by atoms with Crippen LogP contribution in [-0.4, -0.2) is 25.1 Å². The molecule has 20 heavy (non-hydrogen) atoms. The minimum absolute atomic E-state index is 0.172. The van der Waals surface area contributed by atoms with E-state index in [1.165, 1.54) is 5.56 Å². The second-order valence-electron chi connectivity index (χ2n) is 5.28. The molecule has 0 bridgehead atoms. The van der Waals surface area contributed by atoms with Crippen LogP contribution in [0.2, 0.25) is 0 Å². The van der Waals surface area contributed by atoms with Gasteiger partial charge < -0.3 is 15.4 Å². The number of hydrogen-bond donors (Lipinski definition) is 2. The third-order valence-electron chi connectivity index (χ3n) is 3.49. The highest BCUT2D eigenvalue weighted by molar-refractivity contribution is 5.78. The van der Waals surface area contributed by atoms with E-state index in [0.717, 1.165) is 44.7 Å². The maximum absolute atomic E-state index is 11.1. The van der Waals surface area contributed by atoms with Crippen LogP contribution in [0.4, 0.5) is 0 Å². The van der Waals surface area contributed by atoms with E-state index < -0.39 is 0 Å². The van der Waals surface area contributed by atoms with Gasteiger partial charge in [-0.15, -0.1) is 0 Å². The van der Waals surface area contributed by atoms with Crippen LogP contribution in [0.5, 0.6) is 5.75 Å². The quantitative estimate of drug-likeness (QED) is 0.716. The number of amides is 1. The number of carbonyl (C=O) groups is 1. The molecule has 1 amide bonds. The molecular formula is C16H24N2O2. The summed E-state index contributed by atoms with van der Waals surface area (Å²) in [7, 11) is 0. The molecule has 0 saturated carbocycles. The smallest absolute Gasteiger partial charge is 0.220 e. The summed E-state index contributed by atoms with van der Waals surface area (Å²) in [6, 6.07) is 8.50. The van der Waals surface area contributed by atoms with E-state index >= 15 is 0 Å². The Bertz CT molecular complexity index is 417. The first-order valence-corrected chi connectivity index (χ1v) is 7.49. The molecule has 1 aromatic rings. The van der Waals surface area contributed by atoms with Crippen LogP contribution in [-0.2, 0) is 11.3 Å². The summed E-state index contributed by atoms with van der Waals surface area (Å²) in [4.78, 5) is 11.1. The van der Waals surface area contributed by atoms with Crippen molar-refractivity contribution in [3.8, 4) is 5.75 Å². The molecule has 4 nitrogen and oxygen atoms in total. The molecule has 1 saturated heterocycles. The van der Waals surface area contributed by atoms with Crippen LogP contribution in [0.3, 0.4) is 0 Å². The third-order valence-corrected chi connectivity index (χ3v) is 3.49. The highest BCUT2D eigenvalue weighted by atomic mass is 16.5. The summed E-state index contributed by atoms with van der Waals surface area (Å²) >= 11 is 0. The van der Waals surface area contributed by atoms with Crippen LogP contribution in [0.25, 0.3) is 0 Å². The largest absolute Gasteiger partial charge is 0.494 e. The molecule has 1 unspecified atom stereocenters. The zero-order valence-electron chi connectivity index (χ0n) is 12.2. The van der Waals surface area contributed by atoms with Gasteiger partial charge in [-0.25, -0.2) is 0 Å². The first-order chi connectivity index (χ1) is 9.78. The van der Waals surface area contributed by atoms with Crippen molar-refractivity contribution in [3.05, 3.63) is 29.8 Å². The summed E-state index contributed by atoms with van der Waals surface area (Å²) in [6.45, 7) is 4.60. The van der Waals surface area contributed by atoms with Gasteiger partial charge in [0.05, 0.1) is 6.61 Å². The fourth-order valence-electron chi connectivity index (χ4n) is 2.26. The normalized spacial score (nSPS) is 18.1. The molecule has 1 aliphatic heterocycles. The number of carbonyl (C=O) groups excluding carboxylic acids is 1. The molecule has 2 N–H and O–H groups in total. The monoisotopic (exact) mass is 276 g/mol.